The third-order valence-electron chi connectivity index (χ3n) is 6.67. The van der Waals surface area contributed by atoms with Gasteiger partial charge in [0.1, 0.15) is 5.78 Å². The van der Waals surface area contributed by atoms with Crippen LogP contribution in [-0.4, -0.2) is 21.1 Å². The fourth-order valence-corrected chi connectivity index (χ4v) is 5.46. The summed E-state index contributed by atoms with van der Waals surface area (Å²) >= 11 is 0. The van der Waals surface area contributed by atoms with Crippen molar-refractivity contribution in [3.05, 3.63) is 17.2 Å². The summed E-state index contributed by atoms with van der Waals surface area (Å²) in [6.45, 7) is 2.13. The number of phenolic OH excluding ortho intramolecular Hbond substituents is 3. The summed E-state index contributed by atoms with van der Waals surface area (Å²) in [5.41, 5.74) is 1.59. The summed E-state index contributed by atoms with van der Waals surface area (Å²) in [6, 6.07) is 1.63. The van der Waals surface area contributed by atoms with Crippen LogP contribution in [0.25, 0.3) is 0 Å². The van der Waals surface area contributed by atoms with Crippen LogP contribution >= 0.6 is 0 Å². The molecule has 3 aliphatic carbocycles. The molecule has 0 aliphatic heterocycles. The largest absolute Gasteiger partial charge is 0.504 e. The molecule has 4 nitrogen and oxygen atoms in total. The molecule has 4 rings (SSSR count). The van der Waals surface area contributed by atoms with Gasteiger partial charge in [-0.05, 0) is 61.5 Å². The third-order valence-corrected chi connectivity index (χ3v) is 6.67. The van der Waals surface area contributed by atoms with Gasteiger partial charge >= 0.3 is 0 Å². The van der Waals surface area contributed by atoms with Crippen LogP contribution in [0.3, 0.4) is 0 Å². The topological polar surface area (TPSA) is 77.8 Å². The van der Waals surface area contributed by atoms with Crippen molar-refractivity contribution in [3.8, 4) is 17.2 Å². The zero-order valence-electron chi connectivity index (χ0n) is 12.8. The molecule has 4 atom stereocenters. The van der Waals surface area contributed by atoms with Crippen molar-refractivity contribution in [1.82, 2.24) is 0 Å². The van der Waals surface area contributed by atoms with Crippen LogP contribution in [-0.2, 0) is 11.2 Å². The molecule has 0 spiro atoms. The minimum absolute atomic E-state index is 0.163. The third kappa shape index (κ3) is 1.61. The van der Waals surface area contributed by atoms with Gasteiger partial charge in [-0.2, -0.15) is 0 Å². The smallest absolute Gasteiger partial charge is 0.200 e. The number of hydrogen-bond donors (Lipinski definition) is 3. The molecule has 118 valence electrons. The SMILES string of the molecule is C[C@]12CC[C@@H]3c4cc(O)c(O)c(O)c4CC[C@@H]3[C@@H]1CCC2=O. The molecule has 2 saturated carbocycles. The van der Waals surface area contributed by atoms with Crippen molar-refractivity contribution in [3.63, 3.8) is 0 Å². The molecule has 0 radical (unpaired) electrons. The van der Waals surface area contributed by atoms with E-state index < -0.39 is 5.75 Å². The fourth-order valence-electron chi connectivity index (χ4n) is 5.46. The predicted molar refractivity (Wildman–Crippen MR) is 81.1 cm³/mol. The average molecular weight is 302 g/mol. The highest BCUT2D eigenvalue weighted by atomic mass is 16.3. The highest BCUT2D eigenvalue weighted by Gasteiger charge is 2.54. The molecule has 1 aromatic carbocycles. The molecule has 3 aliphatic rings. The maximum atomic E-state index is 12.3. The molecule has 4 heteroatoms. The van der Waals surface area contributed by atoms with Crippen LogP contribution in [0.5, 0.6) is 17.2 Å². The quantitative estimate of drug-likeness (QED) is 0.643. The summed E-state index contributed by atoms with van der Waals surface area (Å²) in [4.78, 5) is 12.3. The Balaban J connectivity index is 1.78. The van der Waals surface area contributed by atoms with Gasteiger partial charge in [-0.25, -0.2) is 0 Å². The number of aromatic hydroxyl groups is 3. The van der Waals surface area contributed by atoms with Crippen LogP contribution in [0.2, 0.25) is 0 Å². The van der Waals surface area contributed by atoms with Gasteiger partial charge < -0.3 is 15.3 Å². The number of carbonyl (C=O) groups excluding carboxylic acids is 1. The molecule has 0 heterocycles. The van der Waals surface area contributed by atoms with E-state index in [0.29, 0.717) is 30.5 Å². The highest BCUT2D eigenvalue weighted by Crippen LogP contribution is 2.61. The van der Waals surface area contributed by atoms with Crippen molar-refractivity contribution >= 4 is 5.78 Å². The van der Waals surface area contributed by atoms with E-state index in [1.165, 1.54) is 0 Å². The Hall–Kier alpha value is -1.71. The number of benzene rings is 1. The minimum Gasteiger partial charge on any atom is -0.504 e. The van der Waals surface area contributed by atoms with E-state index in [9.17, 15) is 20.1 Å². The predicted octanol–water partition coefficient (Wildman–Crippen LogP) is 3.23. The van der Waals surface area contributed by atoms with E-state index in [1.54, 1.807) is 6.07 Å². The van der Waals surface area contributed by atoms with E-state index in [1.807, 2.05) is 0 Å². The van der Waals surface area contributed by atoms with Crippen LogP contribution < -0.4 is 0 Å². The monoisotopic (exact) mass is 302 g/mol. The summed E-state index contributed by atoms with van der Waals surface area (Å²) in [7, 11) is 0. The van der Waals surface area contributed by atoms with Gasteiger partial charge in [-0.15, -0.1) is 0 Å². The first kappa shape index (κ1) is 13.9. The Morgan fingerprint density at radius 1 is 1.09 bits per heavy atom. The number of Topliss-reactive ketones (excluding diaryl/α,β-unsaturated/α-hetero) is 1. The van der Waals surface area contributed by atoms with Gasteiger partial charge in [0.05, 0.1) is 0 Å². The fraction of sp³-hybridized carbons (Fsp3) is 0.611. The molecule has 1 aromatic rings. The Labute approximate surface area is 129 Å². The first-order valence-corrected chi connectivity index (χ1v) is 8.23. The Morgan fingerprint density at radius 2 is 1.86 bits per heavy atom. The second kappa shape index (κ2) is 4.40. The van der Waals surface area contributed by atoms with Crippen LogP contribution in [0, 0.1) is 17.3 Å². The number of phenols is 3. The molecule has 0 amide bonds. The molecule has 3 N–H and O–H groups in total. The lowest BCUT2D eigenvalue weighted by molar-refractivity contribution is -0.129. The lowest BCUT2D eigenvalue weighted by Gasteiger charge is -2.48. The first-order valence-electron chi connectivity index (χ1n) is 8.23. The number of rotatable bonds is 0. The van der Waals surface area contributed by atoms with E-state index >= 15 is 0 Å². The second-order valence-corrected chi connectivity index (χ2v) is 7.49. The van der Waals surface area contributed by atoms with Gasteiger partial charge in [0.2, 0.25) is 5.75 Å². The molecular formula is C18H22O4. The Bertz CT molecular complexity index is 666. The zero-order chi connectivity index (χ0) is 15.6. The van der Waals surface area contributed by atoms with Gasteiger partial charge in [-0.3, -0.25) is 4.79 Å². The van der Waals surface area contributed by atoms with Crippen LogP contribution in [0.1, 0.15) is 56.1 Å². The summed E-state index contributed by atoms with van der Waals surface area (Å²) in [6.07, 6.45) is 5.13. The average Bonchev–Trinajstić information content (AvgIpc) is 2.80. The Morgan fingerprint density at radius 3 is 2.64 bits per heavy atom. The summed E-state index contributed by atoms with van der Waals surface area (Å²) < 4.78 is 0. The molecule has 0 unspecified atom stereocenters. The van der Waals surface area contributed by atoms with Gasteiger partial charge in [-0.1, -0.05) is 6.92 Å². The molecule has 0 bridgehead atoms. The second-order valence-electron chi connectivity index (χ2n) is 7.49. The molecular weight excluding hydrogens is 280 g/mol. The summed E-state index contributed by atoms with van der Waals surface area (Å²) in [5.74, 6) is 0.750. The van der Waals surface area contributed by atoms with E-state index in [4.69, 9.17) is 0 Å². The molecule has 22 heavy (non-hydrogen) atoms. The normalized spacial score (nSPS) is 36.6. The lowest BCUT2D eigenvalue weighted by Crippen LogP contribution is -2.42. The van der Waals surface area contributed by atoms with Crippen molar-refractivity contribution in [2.45, 2.75) is 51.4 Å². The first-order chi connectivity index (χ1) is 10.4. The maximum absolute atomic E-state index is 12.3. The lowest BCUT2D eigenvalue weighted by atomic mass is 9.55. The van der Waals surface area contributed by atoms with E-state index in [-0.39, 0.29) is 22.8 Å². The van der Waals surface area contributed by atoms with Gasteiger partial charge in [0.25, 0.3) is 0 Å². The van der Waals surface area contributed by atoms with Crippen molar-refractivity contribution in [2.75, 3.05) is 0 Å². The molecule has 0 saturated heterocycles. The van der Waals surface area contributed by atoms with Gasteiger partial charge in [0, 0.05) is 17.4 Å². The van der Waals surface area contributed by atoms with Gasteiger partial charge in [0.15, 0.2) is 11.5 Å². The maximum Gasteiger partial charge on any atom is 0.200 e. The number of ketones is 1. The van der Waals surface area contributed by atoms with Crippen molar-refractivity contribution in [1.29, 1.82) is 0 Å². The van der Waals surface area contributed by atoms with Crippen LogP contribution in [0.15, 0.2) is 6.07 Å². The molecule has 2 fully saturated rings. The molecule has 0 aromatic heterocycles. The minimum atomic E-state index is -0.408. The zero-order valence-corrected chi connectivity index (χ0v) is 12.8. The summed E-state index contributed by atoms with van der Waals surface area (Å²) in [5, 5.41) is 29.7. The van der Waals surface area contributed by atoms with Crippen molar-refractivity contribution in [2.24, 2.45) is 17.3 Å². The Kier molecular flexibility index (Phi) is 2.78. The number of fused-ring (bicyclic) bond motifs is 5. The van der Waals surface area contributed by atoms with Crippen LogP contribution in [0.4, 0.5) is 0 Å². The number of hydrogen-bond acceptors (Lipinski definition) is 4. The van der Waals surface area contributed by atoms with Crippen molar-refractivity contribution < 1.29 is 20.1 Å². The number of carbonyl (C=O) groups is 1. The van der Waals surface area contributed by atoms with E-state index in [2.05, 4.69) is 6.92 Å². The standard InChI is InChI=1S/C18H22O4/c1-18-7-6-9-10(13(18)4-5-15(18)20)2-3-11-12(9)8-14(19)17(22)16(11)21/h8-10,13,19,21-22H,2-7H2,1H3/t9-,10-,13-,18-/m0/s1. The van der Waals surface area contributed by atoms with E-state index in [0.717, 1.165) is 36.8 Å². The highest BCUT2D eigenvalue weighted by molar-refractivity contribution is 5.87.